The highest BCUT2D eigenvalue weighted by Crippen LogP contribution is 2.47. The standard InChI is InChI=1S/C26H22F3N3O5/c1-15(33)31-14-19-11-18(22(25(35)36)32-21(19)23(31)24(32)34)7-4-16-3-2-10-30(12-16)13-17-5-8-20(9-6-17)37-26(27,28)29/h2-10,12,19,21,23H,11,13-14H2,1H3/p+1/b7-4+/t19?,21-,23?/m1/s1. The number of aromatic nitrogens is 1. The summed E-state index contributed by atoms with van der Waals surface area (Å²) < 4.78 is 42.8. The first-order chi connectivity index (χ1) is 17.5. The van der Waals surface area contributed by atoms with Gasteiger partial charge in [0, 0.05) is 36.6 Å². The number of β-lactam (4-membered cyclic amide) rings is 1. The van der Waals surface area contributed by atoms with E-state index in [4.69, 9.17) is 0 Å². The number of amides is 2. The minimum atomic E-state index is -4.75. The van der Waals surface area contributed by atoms with Crippen molar-refractivity contribution in [2.75, 3.05) is 6.54 Å². The van der Waals surface area contributed by atoms with Crippen molar-refractivity contribution in [2.45, 2.75) is 38.3 Å². The first kappa shape index (κ1) is 24.5. The average molecular weight is 514 g/mol. The minimum absolute atomic E-state index is 0.0284. The maximum Gasteiger partial charge on any atom is 0.573 e. The van der Waals surface area contributed by atoms with Crippen molar-refractivity contribution in [3.05, 3.63) is 77.3 Å². The molecule has 8 nitrogen and oxygen atoms in total. The molecular weight excluding hydrogens is 491 g/mol. The molecule has 37 heavy (non-hydrogen) atoms. The van der Waals surface area contributed by atoms with E-state index >= 15 is 0 Å². The molecule has 4 heterocycles. The predicted octanol–water partition coefficient (Wildman–Crippen LogP) is 2.73. The molecule has 0 saturated carbocycles. The van der Waals surface area contributed by atoms with Crippen molar-refractivity contribution in [3.8, 4) is 5.75 Å². The Balaban J connectivity index is 1.34. The van der Waals surface area contributed by atoms with Crippen molar-refractivity contribution in [3.63, 3.8) is 0 Å². The second kappa shape index (κ2) is 9.06. The summed E-state index contributed by atoms with van der Waals surface area (Å²) in [6.07, 6.45) is 2.77. The number of carbonyl (C=O) groups excluding carboxylic acids is 2. The number of carboxylic acids is 1. The first-order valence-corrected chi connectivity index (χ1v) is 11.6. The molecule has 2 fully saturated rings. The summed E-state index contributed by atoms with van der Waals surface area (Å²) in [6, 6.07) is 8.34. The summed E-state index contributed by atoms with van der Waals surface area (Å²) in [6.45, 7) is 2.22. The van der Waals surface area contributed by atoms with Gasteiger partial charge in [-0.1, -0.05) is 6.08 Å². The molecule has 192 valence electrons. The maximum atomic E-state index is 12.8. The second-order valence-corrected chi connectivity index (χ2v) is 9.29. The van der Waals surface area contributed by atoms with Gasteiger partial charge in [0.2, 0.25) is 5.91 Å². The van der Waals surface area contributed by atoms with Crippen LogP contribution in [0.3, 0.4) is 0 Å². The van der Waals surface area contributed by atoms with Crippen LogP contribution >= 0.6 is 0 Å². The number of hydrogen-bond donors (Lipinski definition) is 1. The number of hydrogen-bond acceptors (Lipinski definition) is 4. The van der Waals surface area contributed by atoms with E-state index in [1.54, 1.807) is 36.5 Å². The van der Waals surface area contributed by atoms with Gasteiger partial charge in [0.25, 0.3) is 5.91 Å². The molecule has 0 spiro atoms. The third kappa shape index (κ3) is 4.68. The Bertz CT molecular complexity index is 1340. The van der Waals surface area contributed by atoms with Crippen LogP contribution in [-0.2, 0) is 20.9 Å². The summed E-state index contributed by atoms with van der Waals surface area (Å²) in [5.74, 6) is -2.07. The summed E-state index contributed by atoms with van der Waals surface area (Å²) in [5, 5.41) is 9.86. The van der Waals surface area contributed by atoms with E-state index in [0.29, 0.717) is 25.1 Å². The van der Waals surface area contributed by atoms with Gasteiger partial charge in [-0.3, -0.25) is 14.5 Å². The lowest BCUT2D eigenvalue weighted by molar-refractivity contribution is -0.688. The number of likely N-dealkylation sites (tertiary alicyclic amines) is 1. The van der Waals surface area contributed by atoms with Crippen LogP contribution in [0.1, 0.15) is 24.5 Å². The molecule has 11 heteroatoms. The fourth-order valence-corrected chi connectivity index (χ4v) is 5.39. The first-order valence-electron chi connectivity index (χ1n) is 11.6. The molecule has 0 radical (unpaired) electrons. The number of carboxylic acid groups (broad SMARTS) is 1. The van der Waals surface area contributed by atoms with E-state index in [2.05, 4.69) is 4.74 Å². The lowest BCUT2D eigenvalue weighted by Gasteiger charge is -2.49. The van der Waals surface area contributed by atoms with Crippen LogP contribution in [-0.4, -0.2) is 57.7 Å². The van der Waals surface area contributed by atoms with E-state index < -0.39 is 18.4 Å². The van der Waals surface area contributed by atoms with Gasteiger partial charge >= 0.3 is 12.3 Å². The monoisotopic (exact) mass is 514 g/mol. The molecule has 1 aromatic carbocycles. The van der Waals surface area contributed by atoms with Crippen molar-refractivity contribution in [1.29, 1.82) is 0 Å². The zero-order chi connectivity index (χ0) is 26.5. The number of aliphatic carboxylic acids is 1. The Morgan fingerprint density at radius 2 is 1.92 bits per heavy atom. The SMILES string of the molecule is CC(=O)N1CC2CC(/C=C/c3ccc[n+](Cc4ccc(OC(F)(F)F)cc4)c3)=C(C(=O)O)N3C(=O)C1[C@@H]23. The highest BCUT2D eigenvalue weighted by Gasteiger charge is 2.63. The molecule has 1 aromatic heterocycles. The van der Waals surface area contributed by atoms with E-state index in [-0.39, 0.29) is 35.2 Å². The number of rotatable bonds is 6. The third-order valence-corrected chi connectivity index (χ3v) is 6.88. The molecule has 0 bridgehead atoms. The van der Waals surface area contributed by atoms with Gasteiger partial charge in [0.05, 0.1) is 6.04 Å². The highest BCUT2D eigenvalue weighted by molar-refractivity contribution is 6.02. The van der Waals surface area contributed by atoms with Crippen molar-refractivity contribution in [1.82, 2.24) is 9.80 Å². The van der Waals surface area contributed by atoms with E-state index in [1.807, 2.05) is 16.8 Å². The number of ether oxygens (including phenoxy) is 1. The minimum Gasteiger partial charge on any atom is -0.477 e. The smallest absolute Gasteiger partial charge is 0.477 e. The number of carbonyl (C=O) groups is 3. The lowest BCUT2D eigenvalue weighted by atomic mass is 9.79. The quantitative estimate of drug-likeness (QED) is 0.473. The number of halogens is 3. The summed E-state index contributed by atoms with van der Waals surface area (Å²) in [7, 11) is 0. The Morgan fingerprint density at radius 3 is 2.57 bits per heavy atom. The van der Waals surface area contributed by atoms with Crippen LogP contribution in [0.25, 0.3) is 6.08 Å². The van der Waals surface area contributed by atoms with Crippen LogP contribution in [0.4, 0.5) is 13.2 Å². The van der Waals surface area contributed by atoms with Crippen LogP contribution in [0.2, 0.25) is 0 Å². The zero-order valence-electron chi connectivity index (χ0n) is 19.7. The van der Waals surface area contributed by atoms with Gasteiger partial charge in [0.1, 0.15) is 17.5 Å². The fourth-order valence-electron chi connectivity index (χ4n) is 5.39. The normalized spacial score (nSPS) is 22.8. The Labute approximate surface area is 209 Å². The van der Waals surface area contributed by atoms with Crippen LogP contribution < -0.4 is 9.30 Å². The number of alkyl halides is 3. The summed E-state index contributed by atoms with van der Waals surface area (Å²) in [4.78, 5) is 39.7. The molecule has 5 rings (SSSR count). The van der Waals surface area contributed by atoms with Gasteiger partial charge in [-0.2, -0.15) is 0 Å². The predicted molar refractivity (Wildman–Crippen MR) is 122 cm³/mol. The topological polar surface area (TPSA) is 91.0 Å². The summed E-state index contributed by atoms with van der Waals surface area (Å²) in [5.41, 5.74) is 2.00. The van der Waals surface area contributed by atoms with Crippen molar-refractivity contribution >= 4 is 23.9 Å². The molecule has 3 aliphatic rings. The van der Waals surface area contributed by atoms with E-state index in [1.165, 1.54) is 28.9 Å². The number of pyridine rings is 1. The van der Waals surface area contributed by atoms with Crippen LogP contribution in [0.15, 0.2) is 66.1 Å². The van der Waals surface area contributed by atoms with Gasteiger partial charge in [-0.05, 0) is 48.4 Å². The Hall–Kier alpha value is -4.15. The number of allylic oxidation sites excluding steroid dienone is 2. The molecule has 3 aliphatic heterocycles. The number of benzene rings is 1. The van der Waals surface area contributed by atoms with Gasteiger partial charge < -0.3 is 14.7 Å². The van der Waals surface area contributed by atoms with Gasteiger partial charge in [0.15, 0.2) is 18.9 Å². The summed E-state index contributed by atoms with van der Waals surface area (Å²) >= 11 is 0. The Morgan fingerprint density at radius 1 is 1.19 bits per heavy atom. The molecule has 3 atom stereocenters. The van der Waals surface area contributed by atoms with Gasteiger partial charge in [-0.25, -0.2) is 9.36 Å². The molecule has 2 aromatic rings. The zero-order valence-corrected chi connectivity index (χ0v) is 19.7. The molecule has 2 amide bonds. The lowest BCUT2D eigenvalue weighted by Crippen LogP contribution is -2.69. The third-order valence-electron chi connectivity index (χ3n) is 6.88. The molecule has 2 saturated heterocycles. The van der Waals surface area contributed by atoms with Gasteiger partial charge in [-0.15, -0.1) is 13.2 Å². The van der Waals surface area contributed by atoms with Crippen LogP contribution in [0, 0.1) is 5.92 Å². The maximum absolute atomic E-state index is 12.8. The molecule has 1 N–H and O–H groups in total. The fraction of sp³-hybridized carbons (Fsp3) is 0.308. The Kier molecular flexibility index (Phi) is 6.01. The van der Waals surface area contributed by atoms with E-state index in [9.17, 15) is 32.7 Å². The highest BCUT2D eigenvalue weighted by atomic mass is 19.4. The average Bonchev–Trinajstić information content (AvgIpc) is 3.19. The van der Waals surface area contributed by atoms with Crippen molar-refractivity contribution < 1.29 is 42.0 Å². The van der Waals surface area contributed by atoms with Crippen LogP contribution in [0.5, 0.6) is 5.75 Å². The van der Waals surface area contributed by atoms with E-state index in [0.717, 1.165) is 11.1 Å². The molecule has 2 unspecified atom stereocenters. The second-order valence-electron chi connectivity index (χ2n) is 9.29. The number of nitrogens with zero attached hydrogens (tertiary/aromatic N) is 3. The molecule has 0 aliphatic carbocycles. The van der Waals surface area contributed by atoms with Crippen molar-refractivity contribution in [2.24, 2.45) is 5.92 Å². The molecular formula is C26H23F3N3O5+. The largest absolute Gasteiger partial charge is 0.573 e.